The minimum Gasteiger partial charge on any atom is -0.460 e. The van der Waals surface area contributed by atoms with Gasteiger partial charge in [0.25, 0.3) is 0 Å². The maximum absolute atomic E-state index is 11.5. The first kappa shape index (κ1) is 13.4. The highest BCUT2D eigenvalue weighted by Crippen LogP contribution is 2.24. The van der Waals surface area contributed by atoms with E-state index in [9.17, 15) is 14.9 Å². The van der Waals surface area contributed by atoms with E-state index in [1.807, 2.05) is 0 Å². The molecule has 0 saturated heterocycles. The van der Waals surface area contributed by atoms with Crippen LogP contribution in [0.2, 0.25) is 0 Å². The highest BCUT2D eigenvalue weighted by Gasteiger charge is 2.51. The van der Waals surface area contributed by atoms with Gasteiger partial charge in [-0.25, -0.2) is 4.79 Å². The molecule has 1 aromatic rings. The van der Waals surface area contributed by atoms with Crippen molar-refractivity contribution in [3.8, 4) is 0 Å². The van der Waals surface area contributed by atoms with Gasteiger partial charge in [-0.3, -0.25) is 10.1 Å². The van der Waals surface area contributed by atoms with E-state index in [-0.39, 0.29) is 13.0 Å². The van der Waals surface area contributed by atoms with Gasteiger partial charge in [0.05, 0.1) is 18.0 Å². The minimum atomic E-state index is -2.25. The fourth-order valence-corrected chi connectivity index (χ4v) is 1.53. The monoisotopic (exact) mass is 257 g/mol. The lowest BCUT2D eigenvalue weighted by molar-refractivity contribution is -0.528. The molecule has 0 radical (unpaired) electrons. The summed E-state index contributed by atoms with van der Waals surface area (Å²) >= 11 is 5.76. The number of ether oxygens (including phenoxy) is 1. The maximum Gasteiger partial charge on any atom is 0.402 e. The number of hydrogen-bond acceptors (Lipinski definition) is 4. The maximum atomic E-state index is 11.5. The average Bonchev–Trinajstić information content (AvgIpc) is 2.30. The fourth-order valence-electron chi connectivity index (χ4n) is 1.32. The zero-order chi connectivity index (χ0) is 12.9. The van der Waals surface area contributed by atoms with Crippen LogP contribution in [0, 0.1) is 10.1 Å². The van der Waals surface area contributed by atoms with E-state index < -0.39 is 15.9 Å². The first-order valence-electron chi connectivity index (χ1n) is 5.05. The Morgan fingerprint density at radius 1 is 1.47 bits per heavy atom. The quantitative estimate of drug-likeness (QED) is 0.266. The summed E-state index contributed by atoms with van der Waals surface area (Å²) in [6.07, 6.45) is -0.207. The molecule has 1 atom stereocenters. The van der Waals surface area contributed by atoms with E-state index in [0.29, 0.717) is 5.56 Å². The molecule has 0 aliphatic carbocycles. The molecule has 0 aromatic heterocycles. The Morgan fingerprint density at radius 3 is 2.53 bits per heavy atom. The molecule has 92 valence electrons. The van der Waals surface area contributed by atoms with Gasteiger partial charge in [0.15, 0.2) is 0 Å². The highest BCUT2D eigenvalue weighted by molar-refractivity contribution is 6.32. The van der Waals surface area contributed by atoms with Crippen molar-refractivity contribution in [3.63, 3.8) is 0 Å². The third kappa shape index (κ3) is 3.17. The van der Waals surface area contributed by atoms with Crippen molar-refractivity contribution in [1.29, 1.82) is 0 Å². The van der Waals surface area contributed by atoms with E-state index in [1.54, 1.807) is 37.3 Å². The molecule has 0 spiro atoms. The van der Waals surface area contributed by atoms with Crippen LogP contribution in [0.3, 0.4) is 0 Å². The van der Waals surface area contributed by atoms with Gasteiger partial charge >= 0.3 is 11.0 Å². The second-order valence-corrected chi connectivity index (χ2v) is 4.02. The Morgan fingerprint density at radius 2 is 2.06 bits per heavy atom. The largest absolute Gasteiger partial charge is 0.460 e. The number of halogens is 1. The lowest BCUT2D eigenvalue weighted by Crippen LogP contribution is -2.44. The number of nitrogens with zero attached hydrogens (tertiary/aromatic N) is 1. The van der Waals surface area contributed by atoms with Crippen LogP contribution in [0.1, 0.15) is 12.5 Å². The van der Waals surface area contributed by atoms with Gasteiger partial charge in [0.2, 0.25) is 0 Å². The molecule has 0 N–H and O–H groups in total. The number of nitro groups is 1. The van der Waals surface area contributed by atoms with Gasteiger partial charge in [-0.15, -0.1) is 0 Å². The zero-order valence-electron chi connectivity index (χ0n) is 9.26. The Labute approximate surface area is 103 Å². The number of hydrogen-bond donors (Lipinski definition) is 0. The summed E-state index contributed by atoms with van der Waals surface area (Å²) in [6.45, 7) is 1.62. The Hall–Kier alpha value is -1.62. The molecule has 5 nitrogen and oxygen atoms in total. The van der Waals surface area contributed by atoms with Crippen molar-refractivity contribution in [3.05, 3.63) is 46.0 Å². The predicted molar refractivity (Wildman–Crippen MR) is 62.4 cm³/mol. The third-order valence-electron chi connectivity index (χ3n) is 2.16. The molecule has 0 amide bonds. The van der Waals surface area contributed by atoms with Crippen LogP contribution in [0.25, 0.3) is 0 Å². The topological polar surface area (TPSA) is 69.4 Å². The molecule has 1 rings (SSSR count). The van der Waals surface area contributed by atoms with Crippen LogP contribution < -0.4 is 0 Å². The Bertz CT molecular complexity index is 409. The van der Waals surface area contributed by atoms with Crippen LogP contribution in [-0.4, -0.2) is 22.5 Å². The van der Waals surface area contributed by atoms with E-state index in [4.69, 9.17) is 11.6 Å². The van der Waals surface area contributed by atoms with Gasteiger partial charge in [-0.05, 0) is 24.1 Å². The molecule has 0 fully saturated rings. The minimum absolute atomic E-state index is 0.0515. The summed E-state index contributed by atoms with van der Waals surface area (Å²) in [5.41, 5.74) is 0.604. The van der Waals surface area contributed by atoms with E-state index in [1.165, 1.54) is 0 Å². The highest BCUT2D eigenvalue weighted by atomic mass is 35.5. The molecule has 1 unspecified atom stereocenters. The van der Waals surface area contributed by atoms with Crippen molar-refractivity contribution in [2.75, 3.05) is 6.61 Å². The number of carbonyl (C=O) groups is 1. The van der Waals surface area contributed by atoms with Crippen LogP contribution in [0.15, 0.2) is 30.3 Å². The summed E-state index contributed by atoms with van der Waals surface area (Å²) in [5, 5.41) is 10.9. The average molecular weight is 258 g/mol. The number of esters is 1. The molecular weight excluding hydrogens is 246 g/mol. The van der Waals surface area contributed by atoms with Crippen LogP contribution in [-0.2, 0) is 16.0 Å². The van der Waals surface area contributed by atoms with Crippen molar-refractivity contribution in [1.82, 2.24) is 0 Å². The van der Waals surface area contributed by atoms with Gasteiger partial charge in [-0.1, -0.05) is 30.3 Å². The smallest absolute Gasteiger partial charge is 0.402 e. The zero-order valence-corrected chi connectivity index (χ0v) is 10.0. The van der Waals surface area contributed by atoms with Crippen LogP contribution in [0.5, 0.6) is 0 Å². The molecule has 6 heteroatoms. The molecule has 0 aliphatic heterocycles. The fraction of sp³-hybridized carbons (Fsp3) is 0.364. The van der Waals surface area contributed by atoms with Crippen LogP contribution in [0.4, 0.5) is 0 Å². The van der Waals surface area contributed by atoms with Gasteiger partial charge in [0.1, 0.15) is 0 Å². The molecule has 0 saturated carbocycles. The van der Waals surface area contributed by atoms with E-state index in [2.05, 4.69) is 4.74 Å². The summed E-state index contributed by atoms with van der Waals surface area (Å²) < 4.78 is 4.63. The summed E-state index contributed by atoms with van der Waals surface area (Å²) in [4.78, 5) is 19.4. The predicted octanol–water partition coefficient (Wildman–Crippen LogP) is 2.00. The van der Waals surface area contributed by atoms with Gasteiger partial charge in [0, 0.05) is 0 Å². The van der Waals surface area contributed by atoms with Gasteiger partial charge in [-0.2, -0.15) is 0 Å². The number of benzene rings is 1. The van der Waals surface area contributed by atoms with Crippen molar-refractivity contribution < 1.29 is 14.5 Å². The summed E-state index contributed by atoms with van der Waals surface area (Å²) in [5.74, 6) is -1.03. The SMILES string of the molecule is CCOC(=O)C(Cl)(Cc1ccccc1)[N+](=O)[O-]. The molecular formula is C11H12ClNO4. The molecule has 0 aliphatic rings. The summed E-state index contributed by atoms with van der Waals surface area (Å²) in [6, 6.07) is 8.55. The third-order valence-corrected chi connectivity index (χ3v) is 2.58. The standard InChI is InChI=1S/C11H12ClNO4/c1-2-17-10(14)11(12,13(15)16)8-9-6-4-3-5-7-9/h3-7H,2,8H2,1H3. The van der Waals surface area contributed by atoms with Crippen molar-refractivity contribution in [2.24, 2.45) is 0 Å². The van der Waals surface area contributed by atoms with Crippen molar-refractivity contribution in [2.45, 2.75) is 18.3 Å². The number of alkyl halides is 1. The van der Waals surface area contributed by atoms with E-state index in [0.717, 1.165) is 0 Å². The molecule has 0 bridgehead atoms. The van der Waals surface area contributed by atoms with E-state index >= 15 is 0 Å². The van der Waals surface area contributed by atoms with Crippen LogP contribution >= 0.6 is 11.6 Å². The Kier molecular flexibility index (Phi) is 4.45. The lowest BCUT2D eigenvalue weighted by atomic mass is 10.1. The molecule has 17 heavy (non-hydrogen) atoms. The number of carbonyl (C=O) groups excluding carboxylic acids is 1. The molecule has 0 heterocycles. The normalized spacial score (nSPS) is 13.8. The first-order chi connectivity index (χ1) is 8.00. The molecule has 1 aromatic carbocycles. The Balaban J connectivity index is 2.93. The second kappa shape index (κ2) is 5.63. The van der Waals surface area contributed by atoms with Gasteiger partial charge < -0.3 is 4.74 Å². The summed E-state index contributed by atoms with van der Waals surface area (Å²) in [7, 11) is 0. The lowest BCUT2D eigenvalue weighted by Gasteiger charge is -2.16. The second-order valence-electron chi connectivity index (χ2n) is 3.40. The first-order valence-corrected chi connectivity index (χ1v) is 5.43. The van der Waals surface area contributed by atoms with Crippen molar-refractivity contribution >= 4 is 17.6 Å². The number of rotatable bonds is 5.